The molecule has 1 fully saturated rings. The monoisotopic (exact) mass is 521 g/mol. The Morgan fingerprint density at radius 2 is 1.91 bits per heavy atom. The fourth-order valence-corrected chi connectivity index (χ4v) is 4.59. The number of ether oxygens (including phenoxy) is 1. The largest absolute Gasteiger partial charge is 0.495 e. The van der Waals surface area contributed by atoms with Gasteiger partial charge in [-0.2, -0.15) is 18.3 Å². The number of anilines is 1. The molecule has 0 saturated carbocycles. The highest BCUT2D eigenvalue weighted by atomic mass is 35.5. The molecular formula is C22H28Cl2F3N5O2. The summed E-state index contributed by atoms with van der Waals surface area (Å²) in [6.45, 7) is 7.12. The van der Waals surface area contributed by atoms with Crippen molar-refractivity contribution in [2.45, 2.75) is 32.6 Å². The van der Waals surface area contributed by atoms with Gasteiger partial charge in [0.15, 0.2) is 18.1 Å². The first-order valence-corrected chi connectivity index (χ1v) is 11.7. The second kappa shape index (κ2) is 11.2. The Morgan fingerprint density at radius 3 is 2.44 bits per heavy atom. The highest BCUT2D eigenvalue weighted by molar-refractivity contribution is 6.32. The van der Waals surface area contributed by atoms with Crippen LogP contribution in [-0.4, -0.2) is 67.3 Å². The maximum Gasteiger partial charge on any atom is 0.436 e. The van der Waals surface area contributed by atoms with E-state index in [1.807, 2.05) is 19.1 Å². The molecule has 1 aliphatic rings. The summed E-state index contributed by atoms with van der Waals surface area (Å²) >= 11 is 12.2. The van der Waals surface area contributed by atoms with Crippen molar-refractivity contribution < 1.29 is 22.7 Å². The maximum absolute atomic E-state index is 13.2. The van der Waals surface area contributed by atoms with Gasteiger partial charge < -0.3 is 15.0 Å². The molecule has 1 atom stereocenters. The molecule has 3 rings (SSSR count). The third-order valence-corrected chi connectivity index (χ3v) is 6.67. The second-order valence-electron chi connectivity index (χ2n) is 7.98. The van der Waals surface area contributed by atoms with Crippen molar-refractivity contribution in [3.05, 3.63) is 39.1 Å². The van der Waals surface area contributed by atoms with Crippen molar-refractivity contribution in [2.75, 3.05) is 51.3 Å². The average molecular weight is 522 g/mol. The molecule has 0 aliphatic carbocycles. The maximum atomic E-state index is 13.2. The molecule has 34 heavy (non-hydrogen) atoms. The molecular weight excluding hydrogens is 494 g/mol. The van der Waals surface area contributed by atoms with Crippen LogP contribution in [0.3, 0.4) is 0 Å². The summed E-state index contributed by atoms with van der Waals surface area (Å²) in [5.41, 5.74) is 0.966. The topological polar surface area (TPSA) is 62.6 Å². The smallest absolute Gasteiger partial charge is 0.436 e. The number of benzene rings is 1. The molecule has 12 heteroatoms. The number of rotatable bonds is 9. The van der Waals surface area contributed by atoms with Crippen molar-refractivity contribution in [1.29, 1.82) is 0 Å². The number of nitrogens with one attached hydrogen (secondary N) is 1. The van der Waals surface area contributed by atoms with E-state index in [0.29, 0.717) is 43.2 Å². The molecule has 1 aromatic carbocycles. The van der Waals surface area contributed by atoms with Crippen molar-refractivity contribution in [3.8, 4) is 5.75 Å². The van der Waals surface area contributed by atoms with E-state index in [1.165, 1.54) is 6.92 Å². The van der Waals surface area contributed by atoms with Crippen LogP contribution in [0.15, 0.2) is 12.1 Å². The molecule has 0 radical (unpaired) electrons. The molecule has 7 nitrogen and oxygen atoms in total. The zero-order chi connectivity index (χ0) is 25.0. The van der Waals surface area contributed by atoms with Crippen molar-refractivity contribution >= 4 is 35.2 Å². The highest BCUT2D eigenvalue weighted by Gasteiger charge is 2.40. The number of piperazine rings is 1. The summed E-state index contributed by atoms with van der Waals surface area (Å²) in [6, 6.07) is 3.81. The molecule has 1 aliphatic heterocycles. The quantitative estimate of drug-likeness (QED) is 0.394. The summed E-state index contributed by atoms with van der Waals surface area (Å²) in [6.07, 6.45) is -4.31. The molecule has 0 amide bonds. The van der Waals surface area contributed by atoms with E-state index in [-0.39, 0.29) is 5.69 Å². The van der Waals surface area contributed by atoms with Crippen molar-refractivity contribution in [3.63, 3.8) is 0 Å². The Kier molecular flexibility index (Phi) is 8.72. The lowest BCUT2D eigenvalue weighted by molar-refractivity contribution is -0.142. The number of hydrogen-bond acceptors (Lipinski definition) is 6. The Bertz CT molecular complexity index is 1010. The van der Waals surface area contributed by atoms with Gasteiger partial charge in [-0.3, -0.25) is 9.69 Å². The van der Waals surface area contributed by atoms with Gasteiger partial charge in [0.1, 0.15) is 5.75 Å². The van der Waals surface area contributed by atoms with E-state index < -0.39 is 23.1 Å². The molecule has 1 saturated heterocycles. The number of likely N-dealkylation sites (N-methyl/N-ethyl adjacent to an activating group) is 1. The zero-order valence-electron chi connectivity index (χ0n) is 19.3. The van der Waals surface area contributed by atoms with Gasteiger partial charge in [0.05, 0.1) is 22.8 Å². The minimum absolute atomic E-state index is 0.0988. The predicted molar refractivity (Wildman–Crippen MR) is 126 cm³/mol. The molecule has 0 spiro atoms. The third kappa shape index (κ3) is 5.62. The minimum Gasteiger partial charge on any atom is -0.495 e. The standard InChI is InChI=1S/C22H28Cl2F3N5O2/c1-4-28-6-5-15-11-16(23)18(34-3)12-17(15)30-7-9-31(10-8-30)19(13-33)32-14(2)20(24)21(29-32)22(25,26)27/h11-13,19,28H,4-10H2,1-3H3. The Hall–Kier alpha value is -2.01. The van der Waals surface area contributed by atoms with E-state index in [0.717, 1.165) is 35.4 Å². The zero-order valence-corrected chi connectivity index (χ0v) is 20.8. The van der Waals surface area contributed by atoms with Gasteiger partial charge in [-0.05, 0) is 38.1 Å². The van der Waals surface area contributed by atoms with Gasteiger partial charge in [0.2, 0.25) is 0 Å². The van der Waals surface area contributed by atoms with Crippen LogP contribution in [-0.2, 0) is 17.4 Å². The lowest BCUT2D eigenvalue weighted by atomic mass is 10.1. The van der Waals surface area contributed by atoms with Crippen LogP contribution >= 0.6 is 23.2 Å². The van der Waals surface area contributed by atoms with Crippen LogP contribution in [0, 0.1) is 6.92 Å². The number of methoxy groups -OCH3 is 1. The summed E-state index contributed by atoms with van der Waals surface area (Å²) in [5.74, 6) is 0.568. The molecule has 0 bridgehead atoms. The second-order valence-corrected chi connectivity index (χ2v) is 8.77. The summed E-state index contributed by atoms with van der Waals surface area (Å²) in [4.78, 5) is 15.9. The van der Waals surface area contributed by atoms with Crippen LogP contribution in [0.5, 0.6) is 5.75 Å². The molecule has 188 valence electrons. The van der Waals surface area contributed by atoms with E-state index >= 15 is 0 Å². The van der Waals surface area contributed by atoms with E-state index in [4.69, 9.17) is 27.9 Å². The van der Waals surface area contributed by atoms with Crippen LogP contribution in [0.25, 0.3) is 0 Å². The molecule has 2 heterocycles. The Morgan fingerprint density at radius 1 is 1.24 bits per heavy atom. The number of carbonyl (C=O) groups excluding carboxylic acids is 1. The first kappa shape index (κ1) is 26.6. The lowest BCUT2D eigenvalue weighted by Crippen LogP contribution is -2.50. The minimum atomic E-state index is -4.70. The van der Waals surface area contributed by atoms with Gasteiger partial charge in [0.25, 0.3) is 0 Å². The van der Waals surface area contributed by atoms with Gasteiger partial charge >= 0.3 is 6.18 Å². The lowest BCUT2D eigenvalue weighted by Gasteiger charge is -2.39. The average Bonchev–Trinajstić information content (AvgIpc) is 3.10. The number of nitrogens with zero attached hydrogens (tertiary/aromatic N) is 4. The van der Waals surface area contributed by atoms with Gasteiger partial charge in [-0.25, -0.2) is 4.68 Å². The van der Waals surface area contributed by atoms with Crippen LogP contribution in [0.1, 0.15) is 30.0 Å². The third-order valence-electron chi connectivity index (χ3n) is 5.92. The SMILES string of the molecule is CCNCCc1cc(Cl)c(OC)cc1N1CCN(C(C=O)n2nc(C(F)(F)F)c(Cl)c2C)CC1. The summed E-state index contributed by atoms with van der Waals surface area (Å²) in [7, 11) is 1.56. The molecule has 2 aromatic rings. The van der Waals surface area contributed by atoms with Gasteiger partial charge in [-0.15, -0.1) is 0 Å². The first-order valence-electron chi connectivity index (χ1n) is 11.0. The Balaban J connectivity index is 1.80. The van der Waals surface area contributed by atoms with E-state index in [2.05, 4.69) is 15.3 Å². The summed E-state index contributed by atoms with van der Waals surface area (Å²) < 4.78 is 46.2. The molecule has 1 unspecified atom stereocenters. The number of hydrogen-bond donors (Lipinski definition) is 1. The van der Waals surface area contributed by atoms with Crippen LogP contribution < -0.4 is 15.0 Å². The van der Waals surface area contributed by atoms with Crippen LogP contribution in [0.4, 0.5) is 18.9 Å². The number of carbonyl (C=O) groups is 1. The van der Waals surface area contributed by atoms with Crippen molar-refractivity contribution in [1.82, 2.24) is 20.0 Å². The van der Waals surface area contributed by atoms with Gasteiger partial charge in [0, 0.05) is 37.9 Å². The predicted octanol–water partition coefficient (Wildman–Crippen LogP) is 4.20. The number of alkyl halides is 3. The summed E-state index contributed by atoms with van der Waals surface area (Å²) in [5, 5.41) is 6.97. The molecule has 1 N–H and O–H groups in total. The number of halogens is 5. The normalized spacial score (nSPS) is 16.1. The number of aromatic nitrogens is 2. The van der Waals surface area contributed by atoms with Gasteiger partial charge in [-0.1, -0.05) is 30.1 Å². The van der Waals surface area contributed by atoms with Crippen molar-refractivity contribution in [2.24, 2.45) is 0 Å². The fraction of sp³-hybridized carbons (Fsp3) is 0.545. The Labute approximate surface area is 206 Å². The highest BCUT2D eigenvalue weighted by Crippen LogP contribution is 2.37. The van der Waals surface area contributed by atoms with E-state index in [9.17, 15) is 18.0 Å². The van der Waals surface area contributed by atoms with Crippen LogP contribution in [0.2, 0.25) is 10.0 Å². The first-order chi connectivity index (χ1) is 16.1. The number of aldehydes is 1. The molecule has 1 aromatic heterocycles. The fourth-order valence-electron chi connectivity index (χ4n) is 4.10. The van der Waals surface area contributed by atoms with E-state index in [1.54, 1.807) is 12.0 Å².